The van der Waals surface area contributed by atoms with E-state index in [0.29, 0.717) is 51.6 Å². The number of fused-ring (bicyclic) bond motifs is 2. The smallest absolute Gasteiger partial charge is 0.209 e. The third-order valence-electron chi connectivity index (χ3n) is 7.47. The van der Waals surface area contributed by atoms with Crippen molar-refractivity contribution in [3.8, 4) is 33.8 Å². The molecule has 0 unspecified atom stereocenters. The summed E-state index contributed by atoms with van der Waals surface area (Å²) in [5, 5.41) is 11.6. The van der Waals surface area contributed by atoms with Gasteiger partial charge < -0.3 is 10.3 Å². The molecule has 0 saturated heterocycles. The van der Waals surface area contributed by atoms with Crippen molar-refractivity contribution in [2.24, 2.45) is 0 Å². The van der Waals surface area contributed by atoms with Gasteiger partial charge in [0, 0.05) is 61.1 Å². The summed E-state index contributed by atoms with van der Waals surface area (Å²) in [4.78, 5) is 21.5. The first-order chi connectivity index (χ1) is 22.3. The number of nitrogens with one attached hydrogen (secondary N) is 4. The van der Waals surface area contributed by atoms with Crippen LogP contribution in [0.1, 0.15) is 16.7 Å². The van der Waals surface area contributed by atoms with Gasteiger partial charge in [-0.1, -0.05) is 30.3 Å². The van der Waals surface area contributed by atoms with Crippen LogP contribution in [0.2, 0.25) is 0 Å². The average Bonchev–Trinajstić information content (AvgIpc) is 3.68. The van der Waals surface area contributed by atoms with E-state index in [4.69, 9.17) is 4.98 Å². The summed E-state index contributed by atoms with van der Waals surface area (Å²) >= 11 is 0. The fourth-order valence-electron chi connectivity index (χ4n) is 5.32. The summed E-state index contributed by atoms with van der Waals surface area (Å²) in [6.45, 7) is 1.38. The molecule has 46 heavy (non-hydrogen) atoms. The molecule has 0 fully saturated rings. The summed E-state index contributed by atoms with van der Waals surface area (Å²) < 4.78 is 40.2. The number of imidazole rings is 1. The standard InChI is InChI=1S/C33H28FN9O2S/c1-46(44,45)39-17-21-9-23(12-26(34)11-21)27-7-8-37-32-29(27)40-33(41-32)30-28-13-25(19-38-31(28)43-42-30)24-10-22(16-36-18-24)15-35-14-20-5-3-2-4-6-20/h2-13,16,18-19,35,39H,14-15,17H2,1H3,(H,37,40,41)(H,38,42,43). The van der Waals surface area contributed by atoms with Crippen molar-refractivity contribution in [2.45, 2.75) is 19.6 Å². The van der Waals surface area contributed by atoms with Crippen LogP contribution in [0.5, 0.6) is 0 Å². The monoisotopic (exact) mass is 633 g/mol. The third kappa shape index (κ3) is 6.38. The van der Waals surface area contributed by atoms with Crippen LogP contribution in [0.4, 0.5) is 4.39 Å². The second-order valence-corrected chi connectivity index (χ2v) is 12.8. The zero-order chi connectivity index (χ0) is 31.7. The van der Waals surface area contributed by atoms with Gasteiger partial charge in [-0.2, -0.15) is 5.10 Å². The molecular weight excluding hydrogens is 605 g/mol. The van der Waals surface area contributed by atoms with Gasteiger partial charge in [-0.25, -0.2) is 32.5 Å². The lowest BCUT2D eigenvalue weighted by Crippen LogP contribution is -2.21. The summed E-state index contributed by atoms with van der Waals surface area (Å²) in [6.07, 6.45) is 8.08. The van der Waals surface area contributed by atoms with E-state index in [2.05, 4.69) is 58.4 Å². The molecule has 11 nitrogen and oxygen atoms in total. The Morgan fingerprint density at radius 2 is 1.61 bits per heavy atom. The maximum atomic E-state index is 14.6. The molecule has 0 radical (unpaired) electrons. The maximum absolute atomic E-state index is 14.6. The molecule has 7 rings (SSSR count). The van der Waals surface area contributed by atoms with Gasteiger partial charge in [-0.15, -0.1) is 0 Å². The van der Waals surface area contributed by atoms with Gasteiger partial charge in [-0.3, -0.25) is 10.1 Å². The molecule has 2 aromatic carbocycles. The first kappa shape index (κ1) is 29.3. The summed E-state index contributed by atoms with van der Waals surface area (Å²) in [5.74, 6) is -0.0000371. The number of aromatic amines is 2. The quantitative estimate of drug-likeness (QED) is 0.162. The number of rotatable bonds is 10. The predicted molar refractivity (Wildman–Crippen MR) is 174 cm³/mol. The summed E-state index contributed by atoms with van der Waals surface area (Å²) in [6, 6.07) is 20.5. The van der Waals surface area contributed by atoms with Crippen LogP contribution < -0.4 is 10.0 Å². The number of pyridine rings is 3. The van der Waals surface area contributed by atoms with E-state index in [-0.39, 0.29) is 6.54 Å². The zero-order valence-electron chi connectivity index (χ0n) is 24.6. The van der Waals surface area contributed by atoms with E-state index < -0.39 is 15.8 Å². The van der Waals surface area contributed by atoms with E-state index in [1.807, 2.05) is 30.5 Å². The van der Waals surface area contributed by atoms with Crippen LogP contribution in [-0.4, -0.2) is 49.8 Å². The highest BCUT2D eigenvalue weighted by atomic mass is 32.2. The minimum atomic E-state index is -3.44. The van der Waals surface area contributed by atoms with E-state index in [0.717, 1.165) is 34.9 Å². The normalized spacial score (nSPS) is 11.9. The van der Waals surface area contributed by atoms with Crippen molar-refractivity contribution in [3.63, 3.8) is 0 Å². The molecule has 0 bridgehead atoms. The van der Waals surface area contributed by atoms with Crippen molar-refractivity contribution in [1.29, 1.82) is 0 Å². The van der Waals surface area contributed by atoms with E-state index in [1.54, 1.807) is 30.7 Å². The van der Waals surface area contributed by atoms with Crippen LogP contribution >= 0.6 is 0 Å². The molecule has 4 N–H and O–H groups in total. The molecule has 5 heterocycles. The van der Waals surface area contributed by atoms with E-state index in [1.165, 1.54) is 17.7 Å². The van der Waals surface area contributed by atoms with Gasteiger partial charge in [-0.05, 0) is 58.7 Å². The fraction of sp³-hybridized carbons (Fsp3) is 0.121. The van der Waals surface area contributed by atoms with Crippen molar-refractivity contribution in [3.05, 3.63) is 114 Å². The van der Waals surface area contributed by atoms with Gasteiger partial charge in [0.15, 0.2) is 17.1 Å². The average molecular weight is 634 g/mol. The molecule has 0 amide bonds. The Kier molecular flexibility index (Phi) is 7.78. The summed E-state index contributed by atoms with van der Waals surface area (Å²) in [5.41, 5.74) is 7.92. The molecule has 0 atom stereocenters. The van der Waals surface area contributed by atoms with Crippen molar-refractivity contribution >= 4 is 32.2 Å². The lowest BCUT2D eigenvalue weighted by molar-refractivity contribution is 0.586. The molecular formula is C33H28FN9O2S. The number of H-pyrrole nitrogens is 2. The Morgan fingerprint density at radius 3 is 2.46 bits per heavy atom. The predicted octanol–water partition coefficient (Wildman–Crippen LogP) is 5.10. The van der Waals surface area contributed by atoms with Crippen molar-refractivity contribution < 1.29 is 12.8 Å². The molecule has 230 valence electrons. The fourth-order valence-corrected chi connectivity index (χ4v) is 5.75. The molecule has 0 aliphatic rings. The number of sulfonamides is 1. The molecule has 13 heteroatoms. The van der Waals surface area contributed by atoms with Gasteiger partial charge in [0.1, 0.15) is 11.5 Å². The Hall–Kier alpha value is -5.37. The lowest BCUT2D eigenvalue weighted by Gasteiger charge is -2.08. The highest BCUT2D eigenvalue weighted by Gasteiger charge is 2.17. The minimum absolute atomic E-state index is 0.0376. The van der Waals surface area contributed by atoms with Crippen LogP contribution in [0.3, 0.4) is 0 Å². The van der Waals surface area contributed by atoms with Gasteiger partial charge in [0.25, 0.3) is 0 Å². The van der Waals surface area contributed by atoms with Crippen LogP contribution in [0.15, 0.2) is 91.5 Å². The Balaban J connectivity index is 1.19. The second-order valence-electron chi connectivity index (χ2n) is 10.9. The van der Waals surface area contributed by atoms with Crippen LogP contribution in [-0.2, 0) is 29.7 Å². The number of nitrogens with zero attached hydrogens (tertiary/aromatic N) is 5. The van der Waals surface area contributed by atoms with E-state index >= 15 is 0 Å². The highest BCUT2D eigenvalue weighted by Crippen LogP contribution is 2.32. The largest absolute Gasteiger partial charge is 0.335 e. The van der Waals surface area contributed by atoms with Gasteiger partial charge in [0.05, 0.1) is 17.2 Å². The molecule has 0 aliphatic carbocycles. The van der Waals surface area contributed by atoms with Crippen LogP contribution in [0.25, 0.3) is 56.0 Å². The second kappa shape index (κ2) is 12.2. The van der Waals surface area contributed by atoms with Gasteiger partial charge in [0.2, 0.25) is 10.0 Å². The molecule has 0 aliphatic heterocycles. The minimum Gasteiger partial charge on any atom is -0.335 e. The Morgan fingerprint density at radius 1 is 0.804 bits per heavy atom. The SMILES string of the molecule is CS(=O)(=O)NCc1cc(F)cc(-c2ccnc3nc(-c4[nH]nc5ncc(-c6cncc(CNCc7ccccc7)c6)cc45)[nH]c23)c1. The first-order valence-electron chi connectivity index (χ1n) is 14.4. The molecule has 7 aromatic rings. The Bertz CT molecular complexity index is 2300. The van der Waals surface area contributed by atoms with E-state index in [9.17, 15) is 12.8 Å². The number of hydrogen-bond donors (Lipinski definition) is 4. The highest BCUT2D eigenvalue weighted by molar-refractivity contribution is 7.88. The number of halogens is 1. The van der Waals surface area contributed by atoms with Crippen LogP contribution in [0, 0.1) is 5.82 Å². The molecule has 0 spiro atoms. The number of benzene rings is 2. The first-order valence-corrected chi connectivity index (χ1v) is 16.3. The topological polar surface area (TPSA) is 154 Å². The number of hydrogen-bond acceptors (Lipinski definition) is 8. The van der Waals surface area contributed by atoms with Crippen molar-refractivity contribution in [2.75, 3.05) is 6.26 Å². The number of aromatic nitrogens is 7. The van der Waals surface area contributed by atoms with Crippen molar-refractivity contribution in [1.82, 2.24) is 45.2 Å². The summed E-state index contributed by atoms with van der Waals surface area (Å²) in [7, 11) is -3.44. The van der Waals surface area contributed by atoms with Gasteiger partial charge >= 0.3 is 0 Å². The molecule has 5 aromatic heterocycles. The lowest BCUT2D eigenvalue weighted by atomic mass is 10.0. The molecule has 0 saturated carbocycles. The zero-order valence-corrected chi connectivity index (χ0v) is 25.4. The Labute approximate surface area is 263 Å². The maximum Gasteiger partial charge on any atom is 0.209 e. The third-order valence-corrected chi connectivity index (χ3v) is 8.14.